The molecule has 0 saturated carbocycles. The summed E-state index contributed by atoms with van der Waals surface area (Å²) in [5, 5.41) is 20.8. The van der Waals surface area contributed by atoms with Gasteiger partial charge in [0.25, 0.3) is 0 Å². The van der Waals surface area contributed by atoms with Crippen LogP contribution in [0.5, 0.6) is 0 Å². The lowest BCUT2D eigenvalue weighted by molar-refractivity contribution is 0.0280. The van der Waals surface area contributed by atoms with Gasteiger partial charge in [0.2, 0.25) is 0 Å². The summed E-state index contributed by atoms with van der Waals surface area (Å²) < 4.78 is 7.39. The van der Waals surface area contributed by atoms with E-state index in [1.165, 1.54) is 5.56 Å². The lowest BCUT2D eigenvalue weighted by Crippen LogP contribution is -2.42. The van der Waals surface area contributed by atoms with E-state index >= 15 is 0 Å². The first kappa shape index (κ1) is 21.9. The Kier molecular flexibility index (Phi) is 9.51. The molecule has 1 atom stereocenters. The number of nitrogens with one attached hydrogen (secondary N) is 2. The predicted octanol–water partition coefficient (Wildman–Crippen LogP) is 2.02. The predicted molar refractivity (Wildman–Crippen MR) is 112 cm³/mol. The molecule has 0 aliphatic rings. The van der Waals surface area contributed by atoms with Gasteiger partial charge in [-0.2, -0.15) is 5.10 Å². The molecule has 0 radical (unpaired) electrons. The highest BCUT2D eigenvalue weighted by Crippen LogP contribution is 2.11. The lowest BCUT2D eigenvalue weighted by atomic mass is 10.1. The molecule has 7 heteroatoms. The monoisotopic (exact) mass is 387 g/mol. The molecule has 1 aromatic heterocycles. The summed E-state index contributed by atoms with van der Waals surface area (Å²) in [6, 6.07) is 10.2. The normalized spacial score (nSPS) is 13.0. The zero-order valence-electron chi connectivity index (χ0n) is 17.1. The van der Waals surface area contributed by atoms with Gasteiger partial charge < -0.3 is 20.5 Å². The lowest BCUT2D eigenvalue weighted by Gasteiger charge is -2.16. The summed E-state index contributed by atoms with van der Waals surface area (Å²) >= 11 is 0. The summed E-state index contributed by atoms with van der Waals surface area (Å²) in [7, 11) is 0. The number of rotatable bonds is 11. The molecule has 3 N–H and O–H groups in total. The number of hydrogen-bond donors (Lipinski definition) is 3. The molecule has 0 aliphatic heterocycles. The van der Waals surface area contributed by atoms with E-state index in [1.54, 1.807) is 6.20 Å². The number of aromatic nitrogens is 2. The van der Waals surface area contributed by atoms with Crippen LogP contribution in [-0.2, 0) is 17.8 Å². The van der Waals surface area contributed by atoms with Gasteiger partial charge in [-0.05, 0) is 30.0 Å². The van der Waals surface area contributed by atoms with Gasteiger partial charge in [-0.1, -0.05) is 38.1 Å². The fraction of sp³-hybridized carbons (Fsp3) is 0.524. The summed E-state index contributed by atoms with van der Waals surface area (Å²) in [6.45, 7) is 9.57. The summed E-state index contributed by atoms with van der Waals surface area (Å²) in [6.07, 6.45) is 3.16. The van der Waals surface area contributed by atoms with Crippen molar-refractivity contribution in [3.63, 3.8) is 0 Å². The molecule has 0 aliphatic carbocycles. The van der Waals surface area contributed by atoms with E-state index in [0.29, 0.717) is 44.7 Å². The van der Waals surface area contributed by atoms with E-state index in [9.17, 15) is 5.11 Å². The minimum absolute atomic E-state index is 0.317. The van der Waals surface area contributed by atoms with Crippen LogP contribution in [0.1, 0.15) is 31.9 Å². The number of hydrogen-bond acceptors (Lipinski definition) is 4. The van der Waals surface area contributed by atoms with Crippen molar-refractivity contribution in [2.75, 3.05) is 26.3 Å². The van der Waals surface area contributed by atoms with E-state index in [2.05, 4.69) is 46.7 Å². The number of aliphatic imine (C=N–C) groups is 1. The molecule has 0 fully saturated rings. The average molecular weight is 388 g/mol. The molecule has 0 bridgehead atoms. The van der Waals surface area contributed by atoms with Gasteiger partial charge in [0.1, 0.15) is 0 Å². The van der Waals surface area contributed by atoms with Gasteiger partial charge in [0.15, 0.2) is 5.96 Å². The maximum Gasteiger partial charge on any atom is 0.191 e. The number of benzene rings is 1. The standard InChI is InChI=1S/C21H33N5O2/c1-4-22-21(24-13-20(27)16-28-15-17(2)3)23-12-18-8-5-6-9-19(18)14-26-11-7-10-25-26/h5-11,17,20,27H,4,12-16H2,1-3H3,(H2,22,23,24). The second kappa shape index (κ2) is 12.2. The fourth-order valence-electron chi connectivity index (χ4n) is 2.65. The Morgan fingerprint density at radius 2 is 1.96 bits per heavy atom. The zero-order chi connectivity index (χ0) is 20.2. The van der Waals surface area contributed by atoms with Crippen LogP contribution >= 0.6 is 0 Å². The molecular weight excluding hydrogens is 354 g/mol. The van der Waals surface area contributed by atoms with Gasteiger partial charge in [-0.15, -0.1) is 0 Å². The Labute approximate surface area is 167 Å². The second-order valence-corrected chi connectivity index (χ2v) is 7.13. The molecule has 1 heterocycles. The quantitative estimate of drug-likeness (QED) is 0.406. The third-order valence-corrected chi connectivity index (χ3v) is 4.03. The first-order valence-corrected chi connectivity index (χ1v) is 9.90. The number of nitrogens with zero attached hydrogens (tertiary/aromatic N) is 3. The SMILES string of the molecule is CCNC(=NCc1ccccc1Cn1cccn1)NCC(O)COCC(C)C. The van der Waals surface area contributed by atoms with Crippen LogP contribution in [0.4, 0.5) is 0 Å². The van der Waals surface area contributed by atoms with Gasteiger partial charge in [0.05, 0.1) is 25.8 Å². The zero-order valence-corrected chi connectivity index (χ0v) is 17.1. The molecule has 154 valence electrons. The van der Waals surface area contributed by atoms with E-state index in [-0.39, 0.29) is 0 Å². The van der Waals surface area contributed by atoms with Crippen molar-refractivity contribution in [2.45, 2.75) is 40.0 Å². The second-order valence-electron chi connectivity index (χ2n) is 7.13. The van der Waals surface area contributed by atoms with E-state index < -0.39 is 6.10 Å². The van der Waals surface area contributed by atoms with E-state index in [1.807, 2.05) is 36.0 Å². The first-order chi connectivity index (χ1) is 13.6. The van der Waals surface area contributed by atoms with Crippen molar-refractivity contribution < 1.29 is 9.84 Å². The largest absolute Gasteiger partial charge is 0.389 e. The van der Waals surface area contributed by atoms with Crippen LogP contribution in [0.25, 0.3) is 0 Å². The molecule has 0 saturated heterocycles. The Morgan fingerprint density at radius 1 is 1.18 bits per heavy atom. The third-order valence-electron chi connectivity index (χ3n) is 4.03. The average Bonchev–Trinajstić information content (AvgIpc) is 3.18. The molecule has 28 heavy (non-hydrogen) atoms. The molecule has 2 aromatic rings. The Hall–Kier alpha value is -2.38. The van der Waals surface area contributed by atoms with Gasteiger partial charge >= 0.3 is 0 Å². The Balaban J connectivity index is 1.91. The minimum atomic E-state index is -0.574. The van der Waals surface area contributed by atoms with Gasteiger partial charge in [0, 0.05) is 32.1 Å². The maximum absolute atomic E-state index is 10.1. The van der Waals surface area contributed by atoms with E-state index in [0.717, 1.165) is 12.1 Å². The first-order valence-electron chi connectivity index (χ1n) is 9.90. The topological polar surface area (TPSA) is 83.7 Å². The van der Waals surface area contributed by atoms with E-state index in [4.69, 9.17) is 4.74 Å². The fourth-order valence-corrected chi connectivity index (χ4v) is 2.65. The smallest absolute Gasteiger partial charge is 0.191 e. The highest BCUT2D eigenvalue weighted by molar-refractivity contribution is 5.79. The van der Waals surface area contributed by atoms with Crippen LogP contribution < -0.4 is 10.6 Å². The van der Waals surface area contributed by atoms with Crippen LogP contribution in [0.15, 0.2) is 47.7 Å². The van der Waals surface area contributed by atoms with Gasteiger partial charge in [-0.25, -0.2) is 4.99 Å². The molecule has 2 rings (SSSR count). The molecule has 0 spiro atoms. The molecule has 1 unspecified atom stereocenters. The number of guanidine groups is 1. The van der Waals surface area contributed by atoms with Crippen molar-refractivity contribution in [1.82, 2.24) is 20.4 Å². The number of aliphatic hydroxyl groups excluding tert-OH is 1. The van der Waals surface area contributed by atoms with Crippen LogP contribution in [0.2, 0.25) is 0 Å². The summed E-state index contributed by atoms with van der Waals surface area (Å²) in [4.78, 5) is 4.67. The molecular formula is C21H33N5O2. The molecule has 0 amide bonds. The molecule has 7 nitrogen and oxygen atoms in total. The molecule has 1 aromatic carbocycles. The number of ether oxygens (including phenoxy) is 1. The maximum atomic E-state index is 10.1. The van der Waals surface area contributed by atoms with Crippen molar-refractivity contribution in [1.29, 1.82) is 0 Å². The Morgan fingerprint density at radius 3 is 2.64 bits per heavy atom. The third kappa shape index (κ3) is 8.10. The minimum Gasteiger partial charge on any atom is -0.389 e. The van der Waals surface area contributed by atoms with Gasteiger partial charge in [-0.3, -0.25) is 4.68 Å². The van der Waals surface area contributed by atoms with Crippen molar-refractivity contribution >= 4 is 5.96 Å². The van der Waals surface area contributed by atoms with Crippen LogP contribution in [0.3, 0.4) is 0 Å². The van der Waals surface area contributed by atoms with Crippen LogP contribution in [-0.4, -0.2) is 53.3 Å². The van der Waals surface area contributed by atoms with Crippen molar-refractivity contribution in [3.05, 3.63) is 53.9 Å². The summed E-state index contributed by atoms with van der Waals surface area (Å²) in [5.41, 5.74) is 2.34. The number of aliphatic hydroxyl groups is 1. The van der Waals surface area contributed by atoms with Crippen LogP contribution in [0, 0.1) is 5.92 Å². The summed E-state index contributed by atoms with van der Waals surface area (Å²) in [5.74, 6) is 1.14. The van der Waals surface area contributed by atoms with Crippen molar-refractivity contribution in [2.24, 2.45) is 10.9 Å². The van der Waals surface area contributed by atoms with Crippen molar-refractivity contribution in [3.8, 4) is 0 Å². The Bertz CT molecular complexity index is 701. The highest BCUT2D eigenvalue weighted by Gasteiger charge is 2.08. The highest BCUT2D eigenvalue weighted by atomic mass is 16.5.